The molecule has 0 radical (unpaired) electrons. The normalized spacial score (nSPS) is 11.6. The second kappa shape index (κ2) is 8.44. The first kappa shape index (κ1) is 17.2. The number of rotatable bonds is 7. The van der Waals surface area contributed by atoms with Crippen LogP contribution in [0.5, 0.6) is 11.5 Å². The average molecular weight is 334 g/mol. The van der Waals surface area contributed by atoms with Crippen LogP contribution in [0.4, 0.5) is 0 Å². The predicted octanol–water partition coefficient (Wildman–Crippen LogP) is 3.61. The van der Waals surface area contributed by atoms with Gasteiger partial charge in [0.25, 0.3) is 5.91 Å². The zero-order valence-corrected chi connectivity index (χ0v) is 14.0. The van der Waals surface area contributed by atoms with Crippen molar-refractivity contribution < 1.29 is 14.3 Å². The molecule has 0 aromatic heterocycles. The highest BCUT2D eigenvalue weighted by molar-refractivity contribution is 6.30. The zero-order chi connectivity index (χ0) is 16.7. The van der Waals surface area contributed by atoms with E-state index in [0.717, 1.165) is 5.75 Å². The minimum atomic E-state index is -0.194. The molecule has 0 aliphatic carbocycles. The Kier molecular flexibility index (Phi) is 6.29. The maximum Gasteiger partial charge on any atom is 0.258 e. The van der Waals surface area contributed by atoms with Gasteiger partial charge in [-0.05, 0) is 50.2 Å². The van der Waals surface area contributed by atoms with E-state index in [4.69, 9.17) is 21.1 Å². The van der Waals surface area contributed by atoms with E-state index in [0.29, 0.717) is 17.4 Å². The first-order chi connectivity index (χ1) is 11.0. The van der Waals surface area contributed by atoms with Gasteiger partial charge in [0.1, 0.15) is 18.1 Å². The molecule has 0 saturated carbocycles. The third-order valence-corrected chi connectivity index (χ3v) is 3.36. The Morgan fingerprint density at radius 3 is 2.26 bits per heavy atom. The largest absolute Gasteiger partial charge is 0.491 e. The molecule has 1 amide bonds. The molecule has 23 heavy (non-hydrogen) atoms. The van der Waals surface area contributed by atoms with Crippen molar-refractivity contribution in [1.29, 1.82) is 0 Å². The zero-order valence-electron chi connectivity index (χ0n) is 13.2. The van der Waals surface area contributed by atoms with Crippen LogP contribution in [0, 0.1) is 6.92 Å². The van der Waals surface area contributed by atoms with Crippen LogP contribution in [0.15, 0.2) is 48.5 Å². The van der Waals surface area contributed by atoms with E-state index in [1.165, 1.54) is 5.56 Å². The van der Waals surface area contributed by atoms with Gasteiger partial charge in [0.15, 0.2) is 6.61 Å². The summed E-state index contributed by atoms with van der Waals surface area (Å²) in [5.41, 5.74) is 1.18. The first-order valence-corrected chi connectivity index (χ1v) is 7.78. The molecular formula is C18H20ClNO3. The lowest BCUT2D eigenvalue weighted by Gasteiger charge is -2.15. The van der Waals surface area contributed by atoms with Crippen molar-refractivity contribution in [3.05, 3.63) is 59.1 Å². The van der Waals surface area contributed by atoms with E-state index in [1.54, 1.807) is 24.3 Å². The Morgan fingerprint density at radius 1 is 1.04 bits per heavy atom. The number of hydrogen-bond donors (Lipinski definition) is 1. The third kappa shape index (κ3) is 6.20. The summed E-state index contributed by atoms with van der Waals surface area (Å²) in [5, 5.41) is 3.46. The Labute approximate surface area is 141 Å². The summed E-state index contributed by atoms with van der Waals surface area (Å²) in [6.07, 6.45) is 0. The Hall–Kier alpha value is -2.20. The number of amides is 1. The van der Waals surface area contributed by atoms with Gasteiger partial charge >= 0.3 is 0 Å². The first-order valence-electron chi connectivity index (χ1n) is 7.40. The lowest BCUT2D eigenvalue weighted by Crippen LogP contribution is -2.39. The minimum absolute atomic E-state index is 0.0451. The number of halogens is 1. The number of benzene rings is 2. The van der Waals surface area contributed by atoms with E-state index < -0.39 is 0 Å². The van der Waals surface area contributed by atoms with Gasteiger partial charge in [-0.1, -0.05) is 29.3 Å². The average Bonchev–Trinajstić information content (AvgIpc) is 2.54. The highest BCUT2D eigenvalue weighted by Gasteiger charge is 2.09. The highest BCUT2D eigenvalue weighted by atomic mass is 35.5. The number of hydrogen-bond acceptors (Lipinski definition) is 3. The van der Waals surface area contributed by atoms with Gasteiger partial charge in [0.05, 0.1) is 6.04 Å². The van der Waals surface area contributed by atoms with Crippen molar-refractivity contribution in [3.63, 3.8) is 0 Å². The third-order valence-electron chi connectivity index (χ3n) is 3.11. The van der Waals surface area contributed by atoms with Crippen molar-refractivity contribution in [1.82, 2.24) is 5.32 Å². The van der Waals surface area contributed by atoms with Gasteiger partial charge in [-0.3, -0.25) is 4.79 Å². The second-order valence-electron chi connectivity index (χ2n) is 5.34. The Balaban J connectivity index is 1.69. The lowest BCUT2D eigenvalue weighted by atomic mass is 10.2. The van der Waals surface area contributed by atoms with Crippen molar-refractivity contribution in [2.24, 2.45) is 0 Å². The molecule has 0 aliphatic rings. The van der Waals surface area contributed by atoms with Crippen LogP contribution in [0.2, 0.25) is 5.02 Å². The molecular weight excluding hydrogens is 314 g/mol. The highest BCUT2D eigenvalue weighted by Crippen LogP contribution is 2.15. The fourth-order valence-corrected chi connectivity index (χ4v) is 2.02. The SMILES string of the molecule is Cc1ccc(OCC(C)NC(=O)COc2ccc(Cl)cc2)cc1. The van der Waals surface area contributed by atoms with Crippen molar-refractivity contribution in [3.8, 4) is 11.5 Å². The van der Waals surface area contributed by atoms with E-state index in [1.807, 2.05) is 38.1 Å². The van der Waals surface area contributed by atoms with Crippen LogP contribution in [0.25, 0.3) is 0 Å². The molecule has 2 rings (SSSR count). The molecule has 0 fully saturated rings. The molecule has 1 atom stereocenters. The molecule has 2 aromatic rings. The van der Waals surface area contributed by atoms with Crippen LogP contribution in [-0.2, 0) is 4.79 Å². The quantitative estimate of drug-likeness (QED) is 0.842. The molecule has 122 valence electrons. The molecule has 0 bridgehead atoms. The van der Waals surface area contributed by atoms with Crippen molar-refractivity contribution >= 4 is 17.5 Å². The van der Waals surface area contributed by atoms with Crippen LogP contribution in [0.3, 0.4) is 0 Å². The van der Waals surface area contributed by atoms with E-state index in [-0.39, 0.29) is 18.6 Å². The number of aryl methyl sites for hydroxylation is 1. The van der Waals surface area contributed by atoms with Crippen molar-refractivity contribution in [2.75, 3.05) is 13.2 Å². The molecule has 0 saturated heterocycles. The fraction of sp³-hybridized carbons (Fsp3) is 0.278. The monoisotopic (exact) mass is 333 g/mol. The van der Waals surface area contributed by atoms with Gasteiger partial charge in [0, 0.05) is 5.02 Å². The number of carbonyl (C=O) groups is 1. The molecule has 0 heterocycles. The van der Waals surface area contributed by atoms with Crippen LogP contribution in [0.1, 0.15) is 12.5 Å². The summed E-state index contributed by atoms with van der Waals surface area (Å²) in [5.74, 6) is 1.20. The summed E-state index contributed by atoms with van der Waals surface area (Å²) in [6.45, 7) is 4.26. The van der Waals surface area contributed by atoms with Crippen LogP contribution in [-0.4, -0.2) is 25.2 Å². The van der Waals surface area contributed by atoms with E-state index >= 15 is 0 Å². The standard InChI is InChI=1S/C18H20ClNO3/c1-13-3-7-16(8-4-13)22-11-14(2)20-18(21)12-23-17-9-5-15(19)6-10-17/h3-10,14H,11-12H2,1-2H3,(H,20,21). The van der Waals surface area contributed by atoms with Crippen LogP contribution < -0.4 is 14.8 Å². The van der Waals surface area contributed by atoms with E-state index in [2.05, 4.69) is 5.32 Å². The predicted molar refractivity (Wildman–Crippen MR) is 91.2 cm³/mol. The van der Waals surface area contributed by atoms with Gasteiger partial charge in [-0.25, -0.2) is 0 Å². The van der Waals surface area contributed by atoms with E-state index in [9.17, 15) is 4.79 Å². The van der Waals surface area contributed by atoms with Crippen LogP contribution >= 0.6 is 11.6 Å². The second-order valence-corrected chi connectivity index (χ2v) is 5.77. The fourth-order valence-electron chi connectivity index (χ4n) is 1.89. The molecule has 5 heteroatoms. The van der Waals surface area contributed by atoms with Gasteiger partial charge in [-0.15, -0.1) is 0 Å². The lowest BCUT2D eigenvalue weighted by molar-refractivity contribution is -0.123. The maximum atomic E-state index is 11.8. The number of nitrogens with one attached hydrogen (secondary N) is 1. The summed E-state index contributed by atoms with van der Waals surface area (Å²) in [7, 11) is 0. The smallest absolute Gasteiger partial charge is 0.258 e. The molecule has 1 unspecified atom stereocenters. The maximum absolute atomic E-state index is 11.8. The Bertz CT molecular complexity index is 626. The van der Waals surface area contributed by atoms with Gasteiger partial charge in [0.2, 0.25) is 0 Å². The number of ether oxygens (including phenoxy) is 2. The molecule has 0 aliphatic heterocycles. The summed E-state index contributed by atoms with van der Waals surface area (Å²) in [6, 6.07) is 14.6. The molecule has 1 N–H and O–H groups in total. The molecule has 2 aromatic carbocycles. The summed E-state index contributed by atoms with van der Waals surface area (Å²) in [4.78, 5) is 11.8. The topological polar surface area (TPSA) is 47.6 Å². The molecule has 4 nitrogen and oxygen atoms in total. The van der Waals surface area contributed by atoms with Gasteiger partial charge in [-0.2, -0.15) is 0 Å². The minimum Gasteiger partial charge on any atom is -0.491 e. The number of carbonyl (C=O) groups excluding carboxylic acids is 1. The summed E-state index contributed by atoms with van der Waals surface area (Å²) < 4.78 is 11.0. The van der Waals surface area contributed by atoms with Gasteiger partial charge < -0.3 is 14.8 Å². The molecule has 0 spiro atoms. The summed E-state index contributed by atoms with van der Waals surface area (Å²) >= 11 is 5.79. The Morgan fingerprint density at radius 2 is 1.61 bits per heavy atom. The van der Waals surface area contributed by atoms with Crippen molar-refractivity contribution in [2.45, 2.75) is 19.9 Å².